The highest BCUT2D eigenvalue weighted by molar-refractivity contribution is 6.30. The number of hydrogen-bond donors (Lipinski definition) is 0. The molecule has 0 aromatic heterocycles. The van der Waals surface area contributed by atoms with Crippen LogP contribution in [0.1, 0.15) is 28.4 Å². The Bertz CT molecular complexity index is 918. The van der Waals surface area contributed by atoms with Crippen LogP contribution in [0, 0.1) is 0 Å². The van der Waals surface area contributed by atoms with Gasteiger partial charge in [-0.2, -0.15) is 0 Å². The van der Waals surface area contributed by atoms with Crippen LogP contribution in [0.15, 0.2) is 48.7 Å². The minimum absolute atomic E-state index is 0.145. The number of carbonyl (C=O) groups excluding carboxylic acids is 2. The predicted octanol–water partition coefficient (Wildman–Crippen LogP) is 2.98. The third-order valence-electron chi connectivity index (χ3n) is 4.31. The average Bonchev–Trinajstić information content (AvgIpc) is 3.13. The number of benzene rings is 2. The van der Waals surface area contributed by atoms with Crippen LogP contribution in [0.4, 0.5) is 0 Å². The van der Waals surface area contributed by atoms with Crippen molar-refractivity contribution in [2.24, 2.45) is 0 Å². The van der Waals surface area contributed by atoms with Gasteiger partial charge >= 0.3 is 0 Å². The van der Waals surface area contributed by atoms with E-state index < -0.39 is 0 Å². The van der Waals surface area contributed by atoms with Gasteiger partial charge in [-0.1, -0.05) is 24.3 Å². The number of rotatable bonds is 4. The van der Waals surface area contributed by atoms with Gasteiger partial charge in [-0.25, -0.2) is 0 Å². The minimum atomic E-state index is -0.375. The van der Waals surface area contributed by atoms with Crippen molar-refractivity contribution >= 4 is 17.4 Å². The molecule has 0 spiro atoms. The Morgan fingerprint density at radius 1 is 1.04 bits per heavy atom. The Morgan fingerprint density at radius 2 is 1.81 bits per heavy atom. The first kappa shape index (κ1) is 16.2. The Morgan fingerprint density at radius 3 is 2.62 bits per heavy atom. The summed E-state index contributed by atoms with van der Waals surface area (Å²) in [5.74, 6) is 0.578. The van der Waals surface area contributed by atoms with Crippen LogP contribution in [-0.2, 0) is 16.1 Å². The van der Waals surface area contributed by atoms with E-state index in [2.05, 4.69) is 0 Å². The summed E-state index contributed by atoms with van der Waals surface area (Å²) in [6.45, 7) is 2.60. The van der Waals surface area contributed by atoms with E-state index in [-0.39, 0.29) is 25.2 Å². The molecule has 0 aliphatic carbocycles. The van der Waals surface area contributed by atoms with Crippen LogP contribution in [0.3, 0.4) is 0 Å². The zero-order valence-corrected chi connectivity index (χ0v) is 14.2. The first-order valence-corrected chi connectivity index (χ1v) is 8.35. The second-order valence-corrected chi connectivity index (χ2v) is 5.92. The van der Waals surface area contributed by atoms with Crippen LogP contribution < -0.4 is 9.47 Å². The van der Waals surface area contributed by atoms with Crippen LogP contribution in [0.25, 0.3) is 5.57 Å². The number of carbonyl (C=O) groups is 2. The maximum atomic E-state index is 12.9. The van der Waals surface area contributed by atoms with Crippen molar-refractivity contribution < 1.29 is 23.8 Å². The molecule has 0 N–H and O–H groups in total. The summed E-state index contributed by atoms with van der Waals surface area (Å²) in [4.78, 5) is 27.0. The molecule has 0 bridgehead atoms. The molecule has 0 saturated carbocycles. The molecule has 0 unspecified atom stereocenters. The molecule has 6 nitrogen and oxygen atoms in total. The summed E-state index contributed by atoms with van der Waals surface area (Å²) in [7, 11) is 0. The average molecular weight is 351 g/mol. The van der Waals surface area contributed by atoms with E-state index in [1.54, 1.807) is 36.4 Å². The van der Waals surface area contributed by atoms with Crippen molar-refractivity contribution in [1.29, 1.82) is 0 Å². The summed E-state index contributed by atoms with van der Waals surface area (Å²) in [5.41, 5.74) is 2.24. The number of fused-ring (bicyclic) bond motifs is 2. The fourth-order valence-corrected chi connectivity index (χ4v) is 3.05. The molecule has 2 aromatic rings. The highest BCUT2D eigenvalue weighted by Crippen LogP contribution is 2.34. The SMILES string of the molecule is CCOC=C1C(=O)N(Cc2ccc3c(c2)OCO3)C(=O)c2ccccc21. The maximum absolute atomic E-state index is 12.9. The van der Waals surface area contributed by atoms with Gasteiger partial charge in [0.05, 0.1) is 25.0 Å². The van der Waals surface area contributed by atoms with Gasteiger partial charge in [-0.15, -0.1) is 0 Å². The van der Waals surface area contributed by atoms with E-state index in [1.807, 2.05) is 13.0 Å². The molecule has 132 valence electrons. The zero-order valence-electron chi connectivity index (χ0n) is 14.2. The molecule has 0 saturated heterocycles. The maximum Gasteiger partial charge on any atom is 0.264 e. The summed E-state index contributed by atoms with van der Waals surface area (Å²) in [5, 5.41) is 0. The second-order valence-electron chi connectivity index (χ2n) is 5.92. The highest BCUT2D eigenvalue weighted by Gasteiger charge is 2.35. The topological polar surface area (TPSA) is 65.1 Å². The lowest BCUT2D eigenvalue weighted by Gasteiger charge is -2.28. The Hall–Kier alpha value is -3.28. The molecule has 26 heavy (non-hydrogen) atoms. The fraction of sp³-hybridized carbons (Fsp3) is 0.200. The Balaban J connectivity index is 1.70. The molecule has 2 heterocycles. The molecule has 4 rings (SSSR count). The number of imide groups is 1. The molecule has 0 radical (unpaired) electrons. The summed E-state index contributed by atoms with van der Waals surface area (Å²) in [6.07, 6.45) is 1.43. The second kappa shape index (κ2) is 6.55. The third-order valence-corrected chi connectivity index (χ3v) is 4.31. The quantitative estimate of drug-likeness (QED) is 0.481. The zero-order chi connectivity index (χ0) is 18.1. The molecule has 0 atom stereocenters. The van der Waals surface area contributed by atoms with Gasteiger partial charge in [-0.05, 0) is 30.7 Å². The van der Waals surface area contributed by atoms with Gasteiger partial charge in [0.25, 0.3) is 11.8 Å². The molecule has 2 amide bonds. The van der Waals surface area contributed by atoms with Crippen molar-refractivity contribution in [3.8, 4) is 11.5 Å². The van der Waals surface area contributed by atoms with E-state index in [4.69, 9.17) is 14.2 Å². The minimum Gasteiger partial charge on any atom is -0.501 e. The Kier molecular flexibility index (Phi) is 4.08. The fourth-order valence-electron chi connectivity index (χ4n) is 3.05. The summed E-state index contributed by atoms with van der Waals surface area (Å²) in [6, 6.07) is 12.4. The number of nitrogens with zero attached hydrogens (tertiary/aromatic N) is 1. The molecular formula is C20H17NO5. The van der Waals surface area contributed by atoms with Gasteiger partial charge in [0.2, 0.25) is 6.79 Å². The molecule has 2 aliphatic heterocycles. The lowest BCUT2D eigenvalue weighted by Crippen LogP contribution is -2.41. The van der Waals surface area contributed by atoms with Gasteiger partial charge in [0.15, 0.2) is 11.5 Å². The smallest absolute Gasteiger partial charge is 0.264 e. The number of hydrogen-bond acceptors (Lipinski definition) is 5. The summed E-state index contributed by atoms with van der Waals surface area (Å²) < 4.78 is 16.0. The van der Waals surface area contributed by atoms with E-state index >= 15 is 0 Å². The highest BCUT2D eigenvalue weighted by atomic mass is 16.7. The third kappa shape index (κ3) is 2.69. The van der Waals surface area contributed by atoms with Crippen LogP contribution in [-0.4, -0.2) is 30.1 Å². The summed E-state index contributed by atoms with van der Waals surface area (Å²) >= 11 is 0. The van der Waals surface area contributed by atoms with E-state index in [9.17, 15) is 9.59 Å². The predicted molar refractivity (Wildman–Crippen MR) is 93.5 cm³/mol. The monoisotopic (exact) mass is 351 g/mol. The van der Waals surface area contributed by atoms with Crippen LogP contribution in [0.5, 0.6) is 11.5 Å². The molecule has 2 aromatic carbocycles. The van der Waals surface area contributed by atoms with E-state index in [1.165, 1.54) is 11.2 Å². The van der Waals surface area contributed by atoms with Gasteiger partial charge in [0, 0.05) is 11.1 Å². The lowest BCUT2D eigenvalue weighted by molar-refractivity contribution is -0.123. The van der Waals surface area contributed by atoms with Crippen LogP contribution >= 0.6 is 0 Å². The van der Waals surface area contributed by atoms with Crippen molar-refractivity contribution in [2.75, 3.05) is 13.4 Å². The van der Waals surface area contributed by atoms with Gasteiger partial charge in [-0.3, -0.25) is 14.5 Å². The van der Waals surface area contributed by atoms with Crippen molar-refractivity contribution in [3.63, 3.8) is 0 Å². The normalized spacial score (nSPS) is 16.8. The first-order chi connectivity index (χ1) is 12.7. The van der Waals surface area contributed by atoms with Crippen molar-refractivity contribution in [3.05, 3.63) is 65.4 Å². The van der Waals surface area contributed by atoms with Crippen molar-refractivity contribution in [2.45, 2.75) is 13.5 Å². The Labute approximate surface area is 150 Å². The van der Waals surface area contributed by atoms with Gasteiger partial charge in [0.1, 0.15) is 0 Å². The first-order valence-electron chi connectivity index (χ1n) is 8.35. The van der Waals surface area contributed by atoms with Gasteiger partial charge < -0.3 is 14.2 Å². The molecule has 2 aliphatic rings. The molecule has 0 fully saturated rings. The largest absolute Gasteiger partial charge is 0.501 e. The molecular weight excluding hydrogens is 334 g/mol. The van der Waals surface area contributed by atoms with E-state index in [0.717, 1.165) is 5.56 Å². The number of ether oxygens (including phenoxy) is 3. The van der Waals surface area contributed by atoms with Crippen LogP contribution in [0.2, 0.25) is 0 Å². The lowest BCUT2D eigenvalue weighted by atomic mass is 9.94. The molecule has 6 heteroatoms. The standard InChI is InChI=1S/C20H17NO5/c1-2-24-11-16-14-5-3-4-6-15(14)19(22)21(20(16)23)10-13-7-8-17-18(9-13)26-12-25-17/h3-9,11H,2,10,12H2,1H3. The van der Waals surface area contributed by atoms with E-state index in [0.29, 0.717) is 34.8 Å². The number of amides is 2. The van der Waals surface area contributed by atoms with Crippen molar-refractivity contribution in [1.82, 2.24) is 4.90 Å².